The fraction of sp³-hybridized carbons (Fsp3) is 0.706. The first kappa shape index (κ1) is 19.4. The van der Waals surface area contributed by atoms with Gasteiger partial charge in [-0.15, -0.1) is 0 Å². The van der Waals surface area contributed by atoms with E-state index in [4.69, 9.17) is 5.11 Å². The molecule has 2 nitrogen and oxygen atoms in total. The smallest absolute Gasteiger partial charge is 0.181 e. The van der Waals surface area contributed by atoms with Gasteiger partial charge >= 0.3 is 0 Å². The quantitative estimate of drug-likeness (QED) is 0.471. The maximum atomic E-state index is 8.76. The van der Waals surface area contributed by atoms with Crippen LogP contribution in [0.5, 0.6) is 0 Å². The summed E-state index contributed by atoms with van der Waals surface area (Å²) < 4.78 is 2.41. The molecule has 1 aromatic heterocycles. The highest BCUT2D eigenvalue weighted by Gasteiger charge is 2.08. The van der Waals surface area contributed by atoms with Crippen LogP contribution < -0.4 is 17.0 Å². The van der Waals surface area contributed by atoms with E-state index >= 15 is 0 Å². The van der Waals surface area contributed by atoms with Gasteiger partial charge in [0, 0.05) is 31.6 Å². The summed E-state index contributed by atoms with van der Waals surface area (Å²) >= 11 is 0. The number of aliphatic hydroxyl groups excluding tert-OH is 1. The van der Waals surface area contributed by atoms with E-state index in [1.807, 2.05) is 0 Å². The van der Waals surface area contributed by atoms with Gasteiger partial charge in [0.05, 0.1) is 0 Å². The zero-order valence-corrected chi connectivity index (χ0v) is 13.6. The number of nitrogens with zero attached hydrogens (tertiary/aromatic N) is 1. The maximum absolute atomic E-state index is 8.76. The van der Waals surface area contributed by atoms with Crippen LogP contribution in [0.25, 0.3) is 0 Å². The van der Waals surface area contributed by atoms with Gasteiger partial charge in [-0.3, -0.25) is 0 Å². The SMILES string of the molecule is CCCCCCc1cccc[n+]1CCCCCCO.[Cl-]. The summed E-state index contributed by atoms with van der Waals surface area (Å²) in [5.41, 5.74) is 1.47. The molecule has 0 aromatic carbocycles. The molecule has 0 spiro atoms. The molecule has 0 saturated carbocycles. The minimum Gasteiger partial charge on any atom is -1.00 e. The number of halogens is 1. The Kier molecular flexibility index (Phi) is 13.0. The van der Waals surface area contributed by atoms with Crippen LogP contribution in [-0.2, 0) is 13.0 Å². The molecule has 0 aliphatic carbocycles. The first-order valence-electron chi connectivity index (χ1n) is 7.96. The predicted molar refractivity (Wildman–Crippen MR) is 80.0 cm³/mol. The lowest BCUT2D eigenvalue weighted by Crippen LogP contribution is -3.00. The molecule has 0 radical (unpaired) electrons. The van der Waals surface area contributed by atoms with Gasteiger partial charge in [0.15, 0.2) is 11.9 Å². The van der Waals surface area contributed by atoms with E-state index in [9.17, 15) is 0 Å². The van der Waals surface area contributed by atoms with Crippen molar-refractivity contribution in [3.05, 3.63) is 30.1 Å². The zero-order chi connectivity index (χ0) is 13.8. The topological polar surface area (TPSA) is 24.1 Å². The molecule has 1 aromatic rings. The number of aliphatic hydroxyl groups is 1. The number of aromatic nitrogens is 1. The van der Waals surface area contributed by atoms with Crippen molar-refractivity contribution in [1.82, 2.24) is 0 Å². The number of aryl methyl sites for hydroxylation is 2. The molecular formula is C17H30ClNO. The van der Waals surface area contributed by atoms with E-state index in [-0.39, 0.29) is 12.4 Å². The monoisotopic (exact) mass is 299 g/mol. The maximum Gasteiger partial charge on any atom is 0.181 e. The van der Waals surface area contributed by atoms with Crippen molar-refractivity contribution < 1.29 is 22.1 Å². The lowest BCUT2D eigenvalue weighted by molar-refractivity contribution is -0.704. The highest BCUT2D eigenvalue weighted by Crippen LogP contribution is 2.05. The van der Waals surface area contributed by atoms with E-state index < -0.39 is 0 Å². The van der Waals surface area contributed by atoms with Gasteiger partial charge in [-0.2, -0.15) is 0 Å². The molecule has 0 atom stereocenters. The van der Waals surface area contributed by atoms with Crippen molar-refractivity contribution in [2.24, 2.45) is 0 Å². The number of hydrogen-bond donors (Lipinski definition) is 1. The molecule has 0 aliphatic rings. The van der Waals surface area contributed by atoms with Crippen LogP contribution in [0.1, 0.15) is 64.0 Å². The molecule has 0 saturated heterocycles. The minimum absolute atomic E-state index is 0. The van der Waals surface area contributed by atoms with E-state index in [0.29, 0.717) is 6.61 Å². The van der Waals surface area contributed by atoms with Crippen molar-refractivity contribution in [2.45, 2.75) is 71.3 Å². The van der Waals surface area contributed by atoms with Crippen LogP contribution in [0.15, 0.2) is 24.4 Å². The molecule has 0 aliphatic heterocycles. The second kappa shape index (κ2) is 13.4. The molecule has 116 valence electrons. The summed E-state index contributed by atoms with van der Waals surface area (Å²) in [7, 11) is 0. The molecule has 0 bridgehead atoms. The average Bonchev–Trinajstić information content (AvgIpc) is 2.45. The third-order valence-corrected chi connectivity index (χ3v) is 3.63. The Morgan fingerprint density at radius 2 is 1.70 bits per heavy atom. The average molecular weight is 300 g/mol. The van der Waals surface area contributed by atoms with E-state index in [2.05, 4.69) is 35.9 Å². The van der Waals surface area contributed by atoms with E-state index in [1.165, 1.54) is 50.6 Å². The van der Waals surface area contributed by atoms with Crippen LogP contribution in [0.2, 0.25) is 0 Å². The minimum atomic E-state index is 0. The third-order valence-electron chi connectivity index (χ3n) is 3.63. The van der Waals surface area contributed by atoms with Gasteiger partial charge in [0.25, 0.3) is 0 Å². The molecular weight excluding hydrogens is 270 g/mol. The molecule has 20 heavy (non-hydrogen) atoms. The van der Waals surface area contributed by atoms with Gasteiger partial charge in [-0.25, -0.2) is 4.57 Å². The Labute approximate surface area is 130 Å². The van der Waals surface area contributed by atoms with E-state index in [1.54, 1.807) is 0 Å². The Morgan fingerprint density at radius 1 is 0.950 bits per heavy atom. The number of pyridine rings is 1. The van der Waals surface area contributed by atoms with Crippen LogP contribution in [0.3, 0.4) is 0 Å². The molecule has 1 heterocycles. The van der Waals surface area contributed by atoms with Crippen molar-refractivity contribution in [3.63, 3.8) is 0 Å². The number of hydrogen-bond acceptors (Lipinski definition) is 1. The van der Waals surface area contributed by atoms with Crippen LogP contribution in [0, 0.1) is 0 Å². The molecule has 0 amide bonds. The summed E-state index contributed by atoms with van der Waals surface area (Å²) in [6.45, 7) is 3.71. The Hall–Kier alpha value is -0.600. The van der Waals surface area contributed by atoms with Crippen LogP contribution in [0.4, 0.5) is 0 Å². The standard InChI is InChI=1S/C17H30NO.ClH/c1-2-3-4-7-12-17-13-8-10-15-18(17)14-9-5-6-11-16-19;/h8,10,13,15,19H,2-7,9,11-12,14,16H2,1H3;1H/q+1;/p-1. The zero-order valence-electron chi connectivity index (χ0n) is 12.9. The number of rotatable bonds is 11. The van der Waals surface area contributed by atoms with Crippen molar-refractivity contribution in [3.8, 4) is 0 Å². The molecule has 0 unspecified atom stereocenters. The molecule has 1 N–H and O–H groups in total. The molecule has 1 rings (SSSR count). The molecule has 0 fully saturated rings. The van der Waals surface area contributed by atoms with Crippen molar-refractivity contribution in [2.75, 3.05) is 6.61 Å². The highest BCUT2D eigenvalue weighted by atomic mass is 35.5. The summed E-state index contributed by atoms with van der Waals surface area (Å²) in [4.78, 5) is 0. The largest absolute Gasteiger partial charge is 1.00 e. The third kappa shape index (κ3) is 8.55. The normalized spacial score (nSPS) is 10.3. The van der Waals surface area contributed by atoms with Crippen molar-refractivity contribution in [1.29, 1.82) is 0 Å². The summed E-state index contributed by atoms with van der Waals surface area (Å²) in [5, 5.41) is 8.76. The Balaban J connectivity index is 0.00000361. The lowest BCUT2D eigenvalue weighted by Gasteiger charge is -2.04. The van der Waals surface area contributed by atoms with Gasteiger partial charge < -0.3 is 17.5 Å². The van der Waals surface area contributed by atoms with Gasteiger partial charge in [0.2, 0.25) is 0 Å². The summed E-state index contributed by atoms with van der Waals surface area (Å²) in [5.74, 6) is 0. The van der Waals surface area contributed by atoms with Crippen LogP contribution >= 0.6 is 0 Å². The summed E-state index contributed by atoms with van der Waals surface area (Å²) in [6, 6.07) is 6.54. The Morgan fingerprint density at radius 3 is 2.45 bits per heavy atom. The lowest BCUT2D eigenvalue weighted by atomic mass is 10.1. The van der Waals surface area contributed by atoms with Gasteiger partial charge in [-0.1, -0.05) is 38.7 Å². The number of unbranched alkanes of at least 4 members (excludes halogenated alkanes) is 6. The van der Waals surface area contributed by atoms with Crippen LogP contribution in [-0.4, -0.2) is 11.7 Å². The predicted octanol–water partition coefficient (Wildman–Crippen LogP) is 0.654. The Bertz CT molecular complexity index is 331. The fourth-order valence-corrected chi connectivity index (χ4v) is 2.44. The fourth-order valence-electron chi connectivity index (χ4n) is 2.44. The first-order valence-corrected chi connectivity index (χ1v) is 7.96. The second-order valence-electron chi connectivity index (χ2n) is 5.33. The summed E-state index contributed by atoms with van der Waals surface area (Å²) in [6.07, 6.45) is 13.3. The second-order valence-corrected chi connectivity index (χ2v) is 5.33. The highest BCUT2D eigenvalue weighted by molar-refractivity contribution is 4.97. The van der Waals surface area contributed by atoms with Gasteiger partial charge in [-0.05, 0) is 19.3 Å². The van der Waals surface area contributed by atoms with E-state index in [0.717, 1.165) is 19.4 Å². The first-order chi connectivity index (χ1) is 9.38. The van der Waals surface area contributed by atoms with Gasteiger partial charge in [0.1, 0.15) is 6.54 Å². The molecule has 3 heteroatoms. The van der Waals surface area contributed by atoms with Crippen molar-refractivity contribution >= 4 is 0 Å².